The van der Waals surface area contributed by atoms with Crippen molar-refractivity contribution in [3.05, 3.63) is 46.7 Å². The van der Waals surface area contributed by atoms with Crippen molar-refractivity contribution in [1.82, 2.24) is 10.5 Å². The van der Waals surface area contributed by atoms with Crippen molar-refractivity contribution in [2.24, 2.45) is 0 Å². The molecule has 1 heterocycles. The molecule has 0 saturated heterocycles. The van der Waals surface area contributed by atoms with Crippen molar-refractivity contribution in [3.8, 4) is 0 Å². The van der Waals surface area contributed by atoms with E-state index in [4.69, 9.17) is 16.1 Å². The van der Waals surface area contributed by atoms with E-state index in [0.29, 0.717) is 10.8 Å². The van der Waals surface area contributed by atoms with Crippen molar-refractivity contribution in [2.75, 3.05) is 23.7 Å². The maximum atomic E-state index is 11.9. The summed E-state index contributed by atoms with van der Waals surface area (Å²) in [6.07, 6.45) is 1.27. The average molecular weight is 372 g/mol. The fourth-order valence-electron chi connectivity index (χ4n) is 2.07. The van der Waals surface area contributed by atoms with Crippen LogP contribution in [0.1, 0.15) is 11.3 Å². The molecule has 1 aromatic carbocycles. The molecule has 0 aliphatic rings. The first kappa shape index (κ1) is 18.3. The number of nitrogens with zero attached hydrogens (tertiary/aromatic N) is 2. The highest BCUT2D eigenvalue weighted by atomic mass is 35.5. The van der Waals surface area contributed by atoms with Crippen LogP contribution in [0.5, 0.6) is 0 Å². The second-order valence-electron chi connectivity index (χ2n) is 5.28. The Morgan fingerprint density at radius 2 is 2.00 bits per heavy atom. The predicted octanol–water partition coefficient (Wildman–Crippen LogP) is 1.76. The number of rotatable bonds is 7. The lowest BCUT2D eigenvalue weighted by Crippen LogP contribution is -2.38. The van der Waals surface area contributed by atoms with E-state index < -0.39 is 10.0 Å². The van der Waals surface area contributed by atoms with Crippen LogP contribution in [0.25, 0.3) is 0 Å². The highest BCUT2D eigenvalue weighted by molar-refractivity contribution is 7.92. The molecular formula is C15H18ClN3O4S. The largest absolute Gasteiger partial charge is 0.360 e. The minimum atomic E-state index is -3.52. The van der Waals surface area contributed by atoms with Crippen LogP contribution in [0.4, 0.5) is 5.82 Å². The smallest absolute Gasteiger partial charge is 0.233 e. The number of aryl methyl sites for hydroxylation is 1. The molecule has 2 rings (SSSR count). The third-order valence-corrected chi connectivity index (χ3v) is 4.61. The Morgan fingerprint density at radius 1 is 1.33 bits per heavy atom. The Bertz CT molecular complexity index is 802. The molecule has 1 amide bonds. The number of carbonyl (C=O) groups excluding carboxylic acids is 1. The zero-order valence-corrected chi connectivity index (χ0v) is 14.9. The van der Waals surface area contributed by atoms with Crippen molar-refractivity contribution >= 4 is 33.3 Å². The molecule has 9 heteroatoms. The van der Waals surface area contributed by atoms with E-state index in [1.165, 1.54) is 6.07 Å². The molecule has 0 radical (unpaired) electrons. The van der Waals surface area contributed by atoms with Gasteiger partial charge in [-0.1, -0.05) is 28.9 Å². The summed E-state index contributed by atoms with van der Waals surface area (Å²) in [5.74, 6) is 0.495. The molecule has 7 nitrogen and oxygen atoms in total. The summed E-state index contributed by atoms with van der Waals surface area (Å²) in [4.78, 5) is 11.9. The number of nitrogens with one attached hydrogen (secondary N) is 1. The summed E-state index contributed by atoms with van der Waals surface area (Å²) < 4.78 is 29.7. The molecule has 2 aromatic rings. The van der Waals surface area contributed by atoms with Crippen LogP contribution in [0.3, 0.4) is 0 Å². The molecule has 0 saturated carbocycles. The number of benzene rings is 1. The second-order valence-corrected chi connectivity index (χ2v) is 7.63. The van der Waals surface area contributed by atoms with Gasteiger partial charge in [0.1, 0.15) is 5.76 Å². The van der Waals surface area contributed by atoms with Crippen LogP contribution in [-0.4, -0.2) is 38.8 Å². The highest BCUT2D eigenvalue weighted by Crippen LogP contribution is 2.16. The number of aromatic nitrogens is 1. The van der Waals surface area contributed by atoms with Gasteiger partial charge in [-0.15, -0.1) is 0 Å². The van der Waals surface area contributed by atoms with Gasteiger partial charge in [-0.3, -0.25) is 4.79 Å². The first-order chi connectivity index (χ1) is 11.3. The van der Waals surface area contributed by atoms with Gasteiger partial charge < -0.3 is 9.84 Å². The van der Waals surface area contributed by atoms with E-state index in [1.807, 2.05) is 0 Å². The van der Waals surface area contributed by atoms with Crippen molar-refractivity contribution in [2.45, 2.75) is 13.3 Å². The SMILES string of the molecule is Cc1cc(N(CCNC(=O)Cc2ccc(Cl)cc2)S(C)(=O)=O)no1. The highest BCUT2D eigenvalue weighted by Gasteiger charge is 2.20. The van der Waals surface area contributed by atoms with E-state index in [0.717, 1.165) is 16.1 Å². The van der Waals surface area contributed by atoms with Crippen LogP contribution < -0.4 is 9.62 Å². The number of amides is 1. The van der Waals surface area contributed by atoms with Gasteiger partial charge in [-0.25, -0.2) is 12.7 Å². The number of carbonyl (C=O) groups is 1. The molecule has 0 atom stereocenters. The van der Waals surface area contributed by atoms with Gasteiger partial charge in [0, 0.05) is 17.6 Å². The quantitative estimate of drug-likeness (QED) is 0.800. The number of sulfonamides is 1. The predicted molar refractivity (Wildman–Crippen MR) is 91.6 cm³/mol. The Kier molecular flexibility index (Phi) is 5.84. The molecule has 24 heavy (non-hydrogen) atoms. The van der Waals surface area contributed by atoms with Gasteiger partial charge >= 0.3 is 0 Å². The van der Waals surface area contributed by atoms with E-state index in [9.17, 15) is 13.2 Å². The van der Waals surface area contributed by atoms with E-state index in [-0.39, 0.29) is 31.2 Å². The maximum Gasteiger partial charge on any atom is 0.233 e. The molecule has 0 fully saturated rings. The standard InChI is InChI=1S/C15H18ClN3O4S/c1-11-9-14(18-23-11)19(24(2,21)22)8-7-17-15(20)10-12-3-5-13(16)6-4-12/h3-6,9H,7-8,10H2,1-2H3,(H,17,20). The van der Waals surface area contributed by atoms with E-state index in [2.05, 4.69) is 10.5 Å². The fraction of sp³-hybridized carbons (Fsp3) is 0.333. The van der Waals surface area contributed by atoms with Crippen LogP contribution >= 0.6 is 11.6 Å². The monoisotopic (exact) mass is 371 g/mol. The molecule has 1 N–H and O–H groups in total. The van der Waals surface area contributed by atoms with Gasteiger partial charge in [0.05, 0.1) is 19.2 Å². The third-order valence-electron chi connectivity index (χ3n) is 3.19. The summed E-state index contributed by atoms with van der Waals surface area (Å²) in [6, 6.07) is 8.48. The molecule has 1 aromatic heterocycles. The van der Waals surface area contributed by atoms with Crippen molar-refractivity contribution in [1.29, 1.82) is 0 Å². The number of anilines is 1. The molecular weight excluding hydrogens is 354 g/mol. The van der Waals surface area contributed by atoms with Crippen molar-refractivity contribution in [3.63, 3.8) is 0 Å². The average Bonchev–Trinajstić information content (AvgIpc) is 2.91. The Balaban J connectivity index is 1.90. The summed E-state index contributed by atoms with van der Waals surface area (Å²) in [7, 11) is -3.52. The summed E-state index contributed by atoms with van der Waals surface area (Å²) in [5.41, 5.74) is 0.823. The van der Waals surface area contributed by atoms with Gasteiger partial charge in [-0.2, -0.15) is 0 Å². The zero-order valence-electron chi connectivity index (χ0n) is 13.3. The normalized spacial score (nSPS) is 11.3. The molecule has 0 bridgehead atoms. The molecule has 0 unspecified atom stereocenters. The first-order valence-corrected chi connectivity index (χ1v) is 9.40. The van der Waals surface area contributed by atoms with Gasteiger partial charge in [0.25, 0.3) is 0 Å². The lowest BCUT2D eigenvalue weighted by Gasteiger charge is -2.19. The second kappa shape index (κ2) is 7.67. The topological polar surface area (TPSA) is 92.5 Å². The number of hydrogen-bond donors (Lipinski definition) is 1. The molecule has 130 valence electrons. The first-order valence-electron chi connectivity index (χ1n) is 7.18. The Labute approximate surface area is 145 Å². The lowest BCUT2D eigenvalue weighted by atomic mass is 10.1. The molecule has 0 aliphatic carbocycles. The minimum absolute atomic E-state index is 0.0666. The lowest BCUT2D eigenvalue weighted by molar-refractivity contribution is -0.120. The summed E-state index contributed by atoms with van der Waals surface area (Å²) >= 11 is 5.79. The zero-order chi connectivity index (χ0) is 17.7. The summed E-state index contributed by atoms with van der Waals surface area (Å²) in [6.45, 7) is 1.90. The third kappa shape index (κ3) is 5.24. The fourth-order valence-corrected chi connectivity index (χ4v) is 3.04. The van der Waals surface area contributed by atoms with Gasteiger partial charge in [0.2, 0.25) is 15.9 Å². The summed E-state index contributed by atoms with van der Waals surface area (Å²) in [5, 5.41) is 6.99. The maximum absolute atomic E-state index is 11.9. The van der Waals surface area contributed by atoms with Gasteiger partial charge in [0.15, 0.2) is 5.82 Å². The molecule has 0 aliphatic heterocycles. The van der Waals surface area contributed by atoms with E-state index >= 15 is 0 Å². The number of halogens is 1. The van der Waals surface area contributed by atoms with Crippen LogP contribution in [0, 0.1) is 6.92 Å². The Hall–Kier alpha value is -2.06. The van der Waals surface area contributed by atoms with Crippen LogP contribution in [-0.2, 0) is 21.2 Å². The minimum Gasteiger partial charge on any atom is -0.360 e. The van der Waals surface area contributed by atoms with E-state index in [1.54, 1.807) is 31.2 Å². The molecule has 0 spiro atoms. The van der Waals surface area contributed by atoms with Crippen LogP contribution in [0.15, 0.2) is 34.9 Å². The van der Waals surface area contributed by atoms with Crippen LogP contribution in [0.2, 0.25) is 5.02 Å². The van der Waals surface area contributed by atoms with Gasteiger partial charge in [-0.05, 0) is 24.6 Å². The number of hydrogen-bond acceptors (Lipinski definition) is 5. The van der Waals surface area contributed by atoms with Crippen molar-refractivity contribution < 1.29 is 17.7 Å². The Morgan fingerprint density at radius 3 is 2.54 bits per heavy atom.